The Kier molecular flexibility index (Phi) is 3.87. The lowest BCUT2D eigenvalue weighted by atomic mass is 9.57. The highest BCUT2D eigenvalue weighted by molar-refractivity contribution is 5.11. The van der Waals surface area contributed by atoms with Crippen LogP contribution in [0.3, 0.4) is 0 Å². The van der Waals surface area contributed by atoms with Gasteiger partial charge in [0.1, 0.15) is 5.76 Å². The third kappa shape index (κ3) is 2.91. The van der Waals surface area contributed by atoms with E-state index in [-0.39, 0.29) is 6.61 Å². The maximum Gasteiger partial charge on any atom is 0.139 e. The number of hydrogen-bond acceptors (Lipinski definition) is 4. The van der Waals surface area contributed by atoms with Gasteiger partial charge in [0.15, 0.2) is 0 Å². The van der Waals surface area contributed by atoms with E-state index in [2.05, 4.69) is 24.3 Å². The number of aliphatic hydroxyl groups excluding tert-OH is 1. The average molecular weight is 278 g/mol. The predicted molar refractivity (Wildman–Crippen MR) is 77.4 cm³/mol. The third-order valence-corrected chi connectivity index (χ3v) is 5.24. The van der Waals surface area contributed by atoms with Crippen molar-refractivity contribution in [3.8, 4) is 0 Å². The van der Waals surface area contributed by atoms with Gasteiger partial charge in [-0.1, -0.05) is 19.0 Å². The lowest BCUT2D eigenvalue weighted by Crippen LogP contribution is -2.57. The number of nitrogens with one attached hydrogen (secondary N) is 1. The Balaban J connectivity index is 1.50. The molecular weight excluding hydrogens is 252 g/mol. The molecule has 20 heavy (non-hydrogen) atoms. The molecule has 0 radical (unpaired) electrons. The molecule has 2 unspecified atom stereocenters. The molecule has 2 aliphatic carbocycles. The van der Waals surface area contributed by atoms with E-state index < -0.39 is 0 Å². The smallest absolute Gasteiger partial charge is 0.139 e. The molecule has 0 spiro atoms. The van der Waals surface area contributed by atoms with Crippen molar-refractivity contribution >= 4 is 0 Å². The van der Waals surface area contributed by atoms with Crippen LogP contribution < -0.4 is 5.32 Å². The third-order valence-electron chi connectivity index (χ3n) is 5.24. The number of rotatable bonds is 7. The van der Waals surface area contributed by atoms with E-state index in [1.165, 1.54) is 25.8 Å². The molecule has 0 saturated heterocycles. The highest BCUT2D eigenvalue weighted by Gasteiger charge is 2.48. The van der Waals surface area contributed by atoms with Crippen molar-refractivity contribution in [2.75, 3.05) is 13.2 Å². The minimum atomic E-state index is 0.122. The topological polar surface area (TPSA) is 58.3 Å². The molecule has 0 bridgehead atoms. The lowest BCUT2D eigenvalue weighted by molar-refractivity contribution is 0.0131. The Labute approximate surface area is 120 Å². The summed E-state index contributed by atoms with van der Waals surface area (Å²) in [4.78, 5) is 0. The summed E-state index contributed by atoms with van der Waals surface area (Å²) >= 11 is 0. The van der Waals surface area contributed by atoms with Crippen LogP contribution in [0.4, 0.5) is 0 Å². The Bertz CT molecular complexity index is 451. The maximum atomic E-state index is 8.90. The first-order chi connectivity index (χ1) is 9.59. The van der Waals surface area contributed by atoms with Gasteiger partial charge in [-0.05, 0) is 49.5 Å². The molecule has 3 rings (SSSR count). The largest absolute Gasteiger partial charge is 0.396 e. The molecule has 2 atom stereocenters. The molecule has 0 aliphatic heterocycles. The van der Waals surface area contributed by atoms with Crippen LogP contribution in [0.15, 0.2) is 10.6 Å². The average Bonchev–Trinajstić information content (AvgIpc) is 3.13. The first kappa shape index (κ1) is 14.1. The van der Waals surface area contributed by atoms with Gasteiger partial charge in [-0.2, -0.15) is 0 Å². The monoisotopic (exact) mass is 278 g/mol. The van der Waals surface area contributed by atoms with Crippen molar-refractivity contribution in [3.05, 3.63) is 17.5 Å². The molecule has 2 aliphatic rings. The Morgan fingerprint density at radius 1 is 1.45 bits per heavy atom. The molecule has 2 saturated carbocycles. The summed E-state index contributed by atoms with van der Waals surface area (Å²) in [6, 6.07) is 2.65. The Hall–Kier alpha value is -0.870. The van der Waals surface area contributed by atoms with Crippen molar-refractivity contribution < 1.29 is 9.63 Å². The molecule has 1 aromatic rings. The summed E-state index contributed by atoms with van der Waals surface area (Å²) in [5.74, 6) is 2.41. The van der Waals surface area contributed by atoms with E-state index in [4.69, 9.17) is 9.63 Å². The number of aromatic nitrogens is 1. The van der Waals surface area contributed by atoms with E-state index in [9.17, 15) is 0 Å². The molecule has 4 nitrogen and oxygen atoms in total. The fraction of sp³-hybridized carbons (Fsp3) is 0.812. The minimum Gasteiger partial charge on any atom is -0.396 e. The molecule has 0 amide bonds. The predicted octanol–water partition coefficient (Wildman–Crippen LogP) is 2.17. The number of hydrogen-bond donors (Lipinski definition) is 2. The summed E-state index contributed by atoms with van der Waals surface area (Å²) in [6.45, 7) is 6.04. The molecule has 4 heteroatoms. The van der Waals surface area contributed by atoms with Gasteiger partial charge in [-0.3, -0.25) is 0 Å². The SMILES string of the molecule is CC1(C)C(Cc2cc(CCO)on2)CC1NCC1CC1. The van der Waals surface area contributed by atoms with Gasteiger partial charge in [0.2, 0.25) is 0 Å². The number of nitrogens with zero attached hydrogens (tertiary/aromatic N) is 1. The minimum absolute atomic E-state index is 0.122. The van der Waals surface area contributed by atoms with Crippen LogP contribution in [0.1, 0.15) is 44.6 Å². The standard InChI is InChI=1S/C16H26N2O2/c1-16(2)12(8-15(16)17-10-11-3-4-11)7-13-9-14(5-6-19)20-18-13/h9,11-12,15,17,19H,3-8,10H2,1-2H3. The first-order valence-corrected chi connectivity index (χ1v) is 7.88. The Morgan fingerprint density at radius 2 is 2.25 bits per heavy atom. The summed E-state index contributed by atoms with van der Waals surface area (Å²) in [7, 11) is 0. The van der Waals surface area contributed by atoms with E-state index in [0.29, 0.717) is 23.8 Å². The normalized spacial score (nSPS) is 28.4. The second-order valence-corrected chi connectivity index (χ2v) is 7.12. The van der Waals surface area contributed by atoms with Crippen molar-refractivity contribution in [1.29, 1.82) is 0 Å². The molecule has 2 N–H and O–H groups in total. The van der Waals surface area contributed by atoms with Crippen LogP contribution in [0.25, 0.3) is 0 Å². The van der Waals surface area contributed by atoms with Gasteiger partial charge in [-0.25, -0.2) is 0 Å². The van der Waals surface area contributed by atoms with Crippen molar-refractivity contribution in [1.82, 2.24) is 10.5 Å². The van der Waals surface area contributed by atoms with Gasteiger partial charge >= 0.3 is 0 Å². The van der Waals surface area contributed by atoms with Crippen molar-refractivity contribution in [2.45, 2.75) is 52.0 Å². The summed E-state index contributed by atoms with van der Waals surface area (Å²) in [5, 5.41) is 16.8. The van der Waals surface area contributed by atoms with E-state index in [0.717, 1.165) is 23.8 Å². The van der Waals surface area contributed by atoms with Crippen molar-refractivity contribution in [2.24, 2.45) is 17.3 Å². The molecule has 1 aromatic heterocycles. The maximum absolute atomic E-state index is 8.90. The van der Waals surface area contributed by atoms with E-state index in [1.807, 2.05) is 6.07 Å². The van der Waals surface area contributed by atoms with Crippen molar-refractivity contribution in [3.63, 3.8) is 0 Å². The van der Waals surface area contributed by atoms with Crippen LogP contribution >= 0.6 is 0 Å². The zero-order valence-electron chi connectivity index (χ0n) is 12.6. The second kappa shape index (κ2) is 5.49. The quantitative estimate of drug-likeness (QED) is 0.802. The highest BCUT2D eigenvalue weighted by atomic mass is 16.5. The fourth-order valence-corrected chi connectivity index (χ4v) is 3.27. The fourth-order valence-electron chi connectivity index (χ4n) is 3.27. The second-order valence-electron chi connectivity index (χ2n) is 7.12. The summed E-state index contributed by atoms with van der Waals surface area (Å²) in [5.41, 5.74) is 1.37. The van der Waals surface area contributed by atoms with Gasteiger partial charge in [0.05, 0.1) is 12.3 Å². The molecule has 1 heterocycles. The van der Waals surface area contributed by atoms with E-state index in [1.54, 1.807) is 0 Å². The van der Waals surface area contributed by atoms with Crippen LogP contribution in [-0.2, 0) is 12.8 Å². The molecule has 2 fully saturated rings. The first-order valence-electron chi connectivity index (χ1n) is 7.88. The zero-order chi connectivity index (χ0) is 14.2. The molecule has 112 valence electrons. The van der Waals surface area contributed by atoms with Crippen LogP contribution in [0.5, 0.6) is 0 Å². The van der Waals surface area contributed by atoms with Gasteiger partial charge < -0.3 is 14.9 Å². The van der Waals surface area contributed by atoms with E-state index >= 15 is 0 Å². The van der Waals surface area contributed by atoms with Crippen LogP contribution in [-0.4, -0.2) is 29.5 Å². The lowest BCUT2D eigenvalue weighted by Gasteiger charge is -2.52. The van der Waals surface area contributed by atoms with Gasteiger partial charge in [-0.15, -0.1) is 0 Å². The molecular formula is C16H26N2O2. The summed E-state index contributed by atoms with van der Waals surface area (Å²) < 4.78 is 5.23. The van der Waals surface area contributed by atoms with Crippen LogP contribution in [0, 0.1) is 17.3 Å². The zero-order valence-corrected chi connectivity index (χ0v) is 12.6. The molecule has 0 aromatic carbocycles. The number of aliphatic hydroxyl groups is 1. The van der Waals surface area contributed by atoms with Gasteiger partial charge in [0.25, 0.3) is 0 Å². The Morgan fingerprint density at radius 3 is 2.90 bits per heavy atom. The highest BCUT2D eigenvalue weighted by Crippen LogP contribution is 2.48. The van der Waals surface area contributed by atoms with Crippen LogP contribution in [0.2, 0.25) is 0 Å². The van der Waals surface area contributed by atoms with Gasteiger partial charge in [0, 0.05) is 18.5 Å². The summed E-state index contributed by atoms with van der Waals surface area (Å²) in [6.07, 6.45) is 5.62.